The first-order chi connectivity index (χ1) is 15.8. The maximum atomic E-state index is 12.5. The second kappa shape index (κ2) is 9.58. The van der Waals surface area contributed by atoms with Gasteiger partial charge in [0.1, 0.15) is 12.7 Å². The first-order valence-corrected chi connectivity index (χ1v) is 12.4. The fraction of sp³-hybridized carbons (Fsp3) is 0.435. The van der Waals surface area contributed by atoms with Gasteiger partial charge in [0.2, 0.25) is 15.9 Å². The highest BCUT2D eigenvalue weighted by Crippen LogP contribution is 2.28. The molecule has 4 rings (SSSR count). The lowest BCUT2D eigenvalue weighted by molar-refractivity contribution is -0.0255. The molecule has 176 valence electrons. The van der Waals surface area contributed by atoms with Gasteiger partial charge in [-0.05, 0) is 32.0 Å². The zero-order valence-electron chi connectivity index (χ0n) is 19.3. The third-order valence-corrected chi connectivity index (χ3v) is 7.81. The van der Waals surface area contributed by atoms with Gasteiger partial charge >= 0.3 is 0 Å². The number of aromatic nitrogens is 3. The minimum absolute atomic E-state index is 0.159. The Bertz CT molecular complexity index is 1220. The Hall–Kier alpha value is -2.82. The van der Waals surface area contributed by atoms with Gasteiger partial charge in [-0.3, -0.25) is 4.98 Å². The van der Waals surface area contributed by atoms with Gasteiger partial charge in [-0.1, -0.05) is 12.1 Å². The summed E-state index contributed by atoms with van der Waals surface area (Å²) in [4.78, 5) is 15.5. The number of nitrogens with zero attached hydrogens (tertiary/aromatic N) is 5. The van der Waals surface area contributed by atoms with Crippen LogP contribution >= 0.6 is 0 Å². The third-order valence-electron chi connectivity index (χ3n) is 5.57. The zero-order chi connectivity index (χ0) is 23.6. The zero-order valence-corrected chi connectivity index (χ0v) is 20.1. The second-order valence-electron chi connectivity index (χ2n) is 8.43. The van der Waals surface area contributed by atoms with Crippen molar-refractivity contribution < 1.29 is 17.9 Å². The molecule has 3 aromatic rings. The summed E-state index contributed by atoms with van der Waals surface area (Å²) < 4.78 is 38.4. The molecule has 0 spiro atoms. The molecule has 10 heteroatoms. The average Bonchev–Trinajstić information content (AvgIpc) is 2.82. The number of sulfonamides is 1. The highest BCUT2D eigenvalue weighted by atomic mass is 32.2. The van der Waals surface area contributed by atoms with E-state index in [9.17, 15) is 8.42 Å². The highest BCUT2D eigenvalue weighted by molar-refractivity contribution is 7.89. The van der Waals surface area contributed by atoms with E-state index in [0.29, 0.717) is 30.1 Å². The van der Waals surface area contributed by atoms with Crippen LogP contribution < -0.4 is 9.64 Å². The molecule has 1 saturated heterocycles. The van der Waals surface area contributed by atoms with E-state index in [0.717, 1.165) is 16.9 Å². The maximum Gasteiger partial charge on any atom is 0.242 e. The Morgan fingerprint density at radius 2 is 1.91 bits per heavy atom. The van der Waals surface area contributed by atoms with Gasteiger partial charge in [-0.25, -0.2) is 18.4 Å². The lowest BCUT2D eigenvalue weighted by atomic mass is 10.1. The molecular weight excluding hydrogens is 442 g/mol. The number of hydrogen-bond acceptors (Lipinski definition) is 8. The number of morpholine rings is 1. The van der Waals surface area contributed by atoms with Crippen molar-refractivity contribution in [3.8, 4) is 17.1 Å². The molecule has 0 bridgehead atoms. The van der Waals surface area contributed by atoms with Crippen LogP contribution in [0.15, 0.2) is 42.7 Å². The van der Waals surface area contributed by atoms with Crippen LogP contribution in [-0.2, 0) is 14.8 Å². The molecule has 0 N–H and O–H groups in total. The number of rotatable bonds is 7. The number of anilines is 1. The molecule has 9 nitrogen and oxygen atoms in total. The Labute approximate surface area is 194 Å². The smallest absolute Gasteiger partial charge is 0.242 e. The number of benzene rings is 1. The van der Waals surface area contributed by atoms with Crippen LogP contribution in [-0.4, -0.2) is 79.4 Å². The largest absolute Gasteiger partial charge is 0.473 e. The van der Waals surface area contributed by atoms with E-state index in [1.54, 1.807) is 26.2 Å². The summed E-state index contributed by atoms with van der Waals surface area (Å²) in [6, 6.07) is 9.94. The van der Waals surface area contributed by atoms with Crippen LogP contribution in [0.5, 0.6) is 5.88 Å². The van der Waals surface area contributed by atoms with E-state index < -0.39 is 21.4 Å². The van der Waals surface area contributed by atoms with Gasteiger partial charge in [-0.2, -0.15) is 4.31 Å². The molecule has 1 aliphatic heterocycles. The summed E-state index contributed by atoms with van der Waals surface area (Å²) in [5, 5.41) is -0.478. The Morgan fingerprint density at radius 3 is 2.61 bits per heavy atom. The molecule has 3 heterocycles. The number of pyridine rings is 1. The molecule has 0 unspecified atom stereocenters. The van der Waals surface area contributed by atoms with Crippen molar-refractivity contribution in [1.82, 2.24) is 19.3 Å². The topological polar surface area (TPSA) is 97.8 Å². The Morgan fingerprint density at radius 1 is 1.18 bits per heavy atom. The maximum absolute atomic E-state index is 12.5. The molecular formula is C23H29N5O4S. The van der Waals surface area contributed by atoms with Gasteiger partial charge in [0.25, 0.3) is 0 Å². The molecule has 1 aliphatic rings. The highest BCUT2D eigenvalue weighted by Gasteiger charge is 2.32. The van der Waals surface area contributed by atoms with Crippen molar-refractivity contribution in [2.75, 3.05) is 45.3 Å². The normalized spacial score (nSPS) is 17.4. The fourth-order valence-electron chi connectivity index (χ4n) is 3.62. The van der Waals surface area contributed by atoms with E-state index in [1.807, 2.05) is 49.3 Å². The van der Waals surface area contributed by atoms with Crippen LogP contribution in [0.4, 0.5) is 5.69 Å². The molecule has 2 aromatic heterocycles. The first kappa shape index (κ1) is 23.3. The minimum atomic E-state index is -3.35. The molecule has 0 aliphatic carbocycles. The first-order valence-electron chi connectivity index (χ1n) is 10.9. The molecule has 1 atom stereocenters. The van der Waals surface area contributed by atoms with Crippen LogP contribution in [0.2, 0.25) is 0 Å². The third kappa shape index (κ3) is 5.07. The quantitative estimate of drug-likeness (QED) is 0.519. The predicted octanol–water partition coefficient (Wildman–Crippen LogP) is 2.58. The minimum Gasteiger partial charge on any atom is -0.473 e. The van der Waals surface area contributed by atoms with Crippen molar-refractivity contribution in [1.29, 1.82) is 0 Å². The molecule has 0 amide bonds. The van der Waals surface area contributed by atoms with Crippen molar-refractivity contribution in [3.05, 3.63) is 42.7 Å². The molecule has 1 aromatic carbocycles. The molecule has 0 saturated carbocycles. The molecule has 1 fully saturated rings. The van der Waals surface area contributed by atoms with Crippen molar-refractivity contribution in [3.63, 3.8) is 0 Å². The van der Waals surface area contributed by atoms with Gasteiger partial charge in [0.15, 0.2) is 5.52 Å². The molecule has 0 radical (unpaired) electrons. The lowest BCUT2D eigenvalue weighted by Crippen LogP contribution is -2.49. The Balaban J connectivity index is 1.57. The average molecular weight is 472 g/mol. The number of hydrogen-bond donors (Lipinski definition) is 0. The van der Waals surface area contributed by atoms with Crippen molar-refractivity contribution in [2.24, 2.45) is 0 Å². The summed E-state index contributed by atoms with van der Waals surface area (Å²) in [5.41, 5.74) is 3.96. The van der Waals surface area contributed by atoms with Gasteiger partial charge in [0, 0.05) is 50.8 Å². The summed E-state index contributed by atoms with van der Waals surface area (Å²) >= 11 is 0. The van der Waals surface area contributed by atoms with E-state index >= 15 is 0 Å². The van der Waals surface area contributed by atoms with E-state index in [-0.39, 0.29) is 13.2 Å². The number of fused-ring (bicyclic) bond motifs is 1. The van der Waals surface area contributed by atoms with Crippen LogP contribution in [0.1, 0.15) is 13.8 Å². The predicted molar refractivity (Wildman–Crippen MR) is 128 cm³/mol. The van der Waals surface area contributed by atoms with E-state index in [2.05, 4.69) is 9.97 Å². The van der Waals surface area contributed by atoms with Crippen molar-refractivity contribution in [2.45, 2.75) is 25.2 Å². The monoisotopic (exact) mass is 471 g/mol. The van der Waals surface area contributed by atoms with E-state index in [4.69, 9.17) is 14.5 Å². The standard InChI is InChI=1S/C23H29N5O4S/c1-16(2)33(29,30)28-11-12-31-19(14-28)15-32-23-22-21(24-9-10-25-22)13-20(26-23)17-5-7-18(8-6-17)27(3)4/h5-10,13,16,19H,11-12,14-15H2,1-4H3/t19-/m0/s1. The van der Waals surface area contributed by atoms with Crippen LogP contribution in [0.25, 0.3) is 22.3 Å². The summed E-state index contributed by atoms with van der Waals surface area (Å²) in [6.45, 7) is 4.44. The van der Waals surface area contributed by atoms with Gasteiger partial charge in [0.05, 0.1) is 23.1 Å². The van der Waals surface area contributed by atoms with Gasteiger partial charge < -0.3 is 14.4 Å². The lowest BCUT2D eigenvalue weighted by Gasteiger charge is -2.33. The summed E-state index contributed by atoms with van der Waals surface area (Å²) in [7, 11) is 0.637. The van der Waals surface area contributed by atoms with Crippen LogP contribution in [0, 0.1) is 0 Å². The molecule has 33 heavy (non-hydrogen) atoms. The van der Waals surface area contributed by atoms with E-state index in [1.165, 1.54) is 4.31 Å². The number of ether oxygens (including phenoxy) is 2. The second-order valence-corrected chi connectivity index (χ2v) is 10.9. The Kier molecular flexibility index (Phi) is 6.78. The van der Waals surface area contributed by atoms with Crippen molar-refractivity contribution >= 4 is 26.7 Å². The SMILES string of the molecule is CC(C)S(=O)(=O)N1CCO[C@H](COc2nc(-c3ccc(N(C)C)cc3)cc3nccnc23)C1. The fourth-order valence-corrected chi connectivity index (χ4v) is 4.92. The van der Waals surface area contributed by atoms with Crippen LogP contribution in [0.3, 0.4) is 0 Å². The summed E-state index contributed by atoms with van der Waals surface area (Å²) in [5.74, 6) is 0.347. The summed E-state index contributed by atoms with van der Waals surface area (Å²) in [6.07, 6.45) is 2.82. The van der Waals surface area contributed by atoms with Gasteiger partial charge in [-0.15, -0.1) is 0 Å².